The van der Waals surface area contributed by atoms with Crippen molar-refractivity contribution in [1.82, 2.24) is 9.78 Å². The molecule has 0 amide bonds. The van der Waals surface area contributed by atoms with Gasteiger partial charge in [0.1, 0.15) is 0 Å². The van der Waals surface area contributed by atoms with E-state index in [4.69, 9.17) is 0 Å². The summed E-state index contributed by atoms with van der Waals surface area (Å²) in [6.45, 7) is 1.07. The molecule has 1 unspecified atom stereocenters. The highest BCUT2D eigenvalue weighted by Crippen LogP contribution is 2.25. The monoisotopic (exact) mass is 281 g/mol. The zero-order valence-electron chi connectivity index (χ0n) is 12.1. The summed E-state index contributed by atoms with van der Waals surface area (Å²) >= 11 is 0. The van der Waals surface area contributed by atoms with Crippen molar-refractivity contribution in [3.05, 3.63) is 60.9 Å². The van der Waals surface area contributed by atoms with Gasteiger partial charge in [-0.05, 0) is 17.5 Å². The minimum Gasteiger partial charge on any atom is -0.389 e. The zero-order valence-corrected chi connectivity index (χ0v) is 12.1. The van der Waals surface area contributed by atoms with Gasteiger partial charge in [-0.3, -0.25) is 4.68 Å². The molecule has 0 aliphatic heterocycles. The number of benzene rings is 2. The minimum absolute atomic E-state index is 0.464. The van der Waals surface area contributed by atoms with Gasteiger partial charge >= 0.3 is 0 Å². The van der Waals surface area contributed by atoms with E-state index in [2.05, 4.69) is 34.3 Å². The number of hydrogen-bond donors (Lipinski definition) is 1. The van der Waals surface area contributed by atoms with Gasteiger partial charge in [-0.25, -0.2) is 0 Å². The number of fused-ring (bicyclic) bond motifs is 1. The number of rotatable bonds is 5. The van der Waals surface area contributed by atoms with Crippen LogP contribution in [0.25, 0.3) is 10.8 Å². The van der Waals surface area contributed by atoms with Crippen molar-refractivity contribution in [2.24, 2.45) is 0 Å². The molecule has 2 aromatic carbocycles. The molecule has 0 aliphatic carbocycles. The third-order valence-electron chi connectivity index (χ3n) is 3.62. The van der Waals surface area contributed by atoms with Gasteiger partial charge in [-0.1, -0.05) is 36.4 Å². The number of aliphatic hydroxyl groups excluding tert-OH is 1. The van der Waals surface area contributed by atoms with Crippen LogP contribution in [0.3, 0.4) is 0 Å². The lowest BCUT2D eigenvalue weighted by atomic mass is 10.1. The first kappa shape index (κ1) is 13.6. The quantitative estimate of drug-likeness (QED) is 0.781. The van der Waals surface area contributed by atoms with E-state index in [0.717, 1.165) is 5.69 Å². The molecule has 1 N–H and O–H groups in total. The number of anilines is 1. The molecule has 4 nitrogen and oxygen atoms in total. The van der Waals surface area contributed by atoms with Gasteiger partial charge in [-0.2, -0.15) is 5.10 Å². The van der Waals surface area contributed by atoms with Crippen molar-refractivity contribution in [1.29, 1.82) is 0 Å². The first-order valence-electron chi connectivity index (χ1n) is 7.08. The van der Waals surface area contributed by atoms with Gasteiger partial charge in [0.05, 0.1) is 12.6 Å². The summed E-state index contributed by atoms with van der Waals surface area (Å²) in [5, 5.41) is 16.8. The Morgan fingerprint density at radius 3 is 2.76 bits per heavy atom. The van der Waals surface area contributed by atoms with Crippen LogP contribution in [0.5, 0.6) is 0 Å². The summed E-state index contributed by atoms with van der Waals surface area (Å²) in [5.41, 5.74) is 1.13. The van der Waals surface area contributed by atoms with Crippen LogP contribution in [-0.2, 0) is 6.54 Å². The first-order chi connectivity index (χ1) is 10.2. The fraction of sp³-hybridized carbons (Fsp3) is 0.235. The lowest BCUT2D eigenvalue weighted by Crippen LogP contribution is -2.32. The molecular formula is C17H19N3O. The van der Waals surface area contributed by atoms with Crippen molar-refractivity contribution in [3.8, 4) is 0 Å². The molecule has 1 heterocycles. The number of hydrogen-bond acceptors (Lipinski definition) is 3. The highest BCUT2D eigenvalue weighted by molar-refractivity contribution is 5.94. The molecule has 3 aromatic rings. The number of nitrogens with zero attached hydrogens (tertiary/aromatic N) is 3. The van der Waals surface area contributed by atoms with Gasteiger partial charge in [0, 0.05) is 37.1 Å². The standard InChI is InChI=1S/C17H19N3O/c1-19(12-15(21)13-20-11-5-10-18-20)17-9-4-7-14-6-2-3-8-16(14)17/h2-11,15,21H,12-13H2,1H3. The van der Waals surface area contributed by atoms with Gasteiger partial charge < -0.3 is 10.0 Å². The van der Waals surface area contributed by atoms with Crippen LogP contribution in [-0.4, -0.2) is 34.6 Å². The second-order valence-corrected chi connectivity index (χ2v) is 5.26. The summed E-state index contributed by atoms with van der Waals surface area (Å²) in [7, 11) is 2.01. The lowest BCUT2D eigenvalue weighted by Gasteiger charge is -2.24. The van der Waals surface area contributed by atoms with Gasteiger partial charge in [0.15, 0.2) is 0 Å². The van der Waals surface area contributed by atoms with E-state index in [-0.39, 0.29) is 0 Å². The average molecular weight is 281 g/mol. The van der Waals surface area contributed by atoms with Crippen LogP contribution in [0.15, 0.2) is 60.9 Å². The van der Waals surface area contributed by atoms with Crippen molar-refractivity contribution in [2.45, 2.75) is 12.6 Å². The molecule has 4 heteroatoms. The highest BCUT2D eigenvalue weighted by Gasteiger charge is 2.11. The lowest BCUT2D eigenvalue weighted by molar-refractivity contribution is 0.156. The molecule has 0 saturated carbocycles. The molecule has 0 fully saturated rings. The van der Waals surface area contributed by atoms with Crippen LogP contribution in [0.1, 0.15) is 0 Å². The van der Waals surface area contributed by atoms with E-state index in [1.807, 2.05) is 37.5 Å². The summed E-state index contributed by atoms with van der Waals surface area (Å²) < 4.78 is 1.75. The Morgan fingerprint density at radius 2 is 1.95 bits per heavy atom. The van der Waals surface area contributed by atoms with Crippen molar-refractivity contribution in [3.63, 3.8) is 0 Å². The Balaban J connectivity index is 1.76. The summed E-state index contributed by atoms with van der Waals surface area (Å²) in [6, 6.07) is 16.4. The normalized spacial score (nSPS) is 12.5. The topological polar surface area (TPSA) is 41.3 Å². The van der Waals surface area contributed by atoms with E-state index in [1.54, 1.807) is 10.9 Å². The third-order valence-corrected chi connectivity index (χ3v) is 3.62. The Kier molecular flexibility index (Phi) is 3.88. The van der Waals surface area contributed by atoms with Crippen LogP contribution >= 0.6 is 0 Å². The Hall–Kier alpha value is -2.33. The zero-order chi connectivity index (χ0) is 14.7. The second kappa shape index (κ2) is 5.97. The maximum Gasteiger partial charge on any atom is 0.0910 e. The third kappa shape index (κ3) is 3.06. The van der Waals surface area contributed by atoms with Crippen LogP contribution in [0.2, 0.25) is 0 Å². The largest absolute Gasteiger partial charge is 0.389 e. The second-order valence-electron chi connectivity index (χ2n) is 5.26. The molecule has 0 aliphatic rings. The van der Waals surface area contributed by atoms with Crippen molar-refractivity contribution < 1.29 is 5.11 Å². The highest BCUT2D eigenvalue weighted by atomic mass is 16.3. The van der Waals surface area contributed by atoms with E-state index in [1.165, 1.54) is 10.8 Å². The molecule has 0 bridgehead atoms. The molecule has 0 saturated heterocycles. The predicted molar refractivity (Wildman–Crippen MR) is 85.5 cm³/mol. The fourth-order valence-corrected chi connectivity index (χ4v) is 2.64. The number of aliphatic hydroxyl groups is 1. The molecular weight excluding hydrogens is 262 g/mol. The summed E-state index contributed by atoms with van der Waals surface area (Å²) in [6.07, 6.45) is 3.12. The molecule has 1 aromatic heterocycles. The molecule has 0 radical (unpaired) electrons. The van der Waals surface area contributed by atoms with Gasteiger partial charge in [0.2, 0.25) is 0 Å². The maximum atomic E-state index is 10.2. The molecule has 1 atom stereocenters. The molecule has 108 valence electrons. The fourth-order valence-electron chi connectivity index (χ4n) is 2.64. The first-order valence-corrected chi connectivity index (χ1v) is 7.08. The van der Waals surface area contributed by atoms with Crippen molar-refractivity contribution in [2.75, 3.05) is 18.5 Å². The Morgan fingerprint density at radius 1 is 1.14 bits per heavy atom. The average Bonchev–Trinajstić information content (AvgIpc) is 2.99. The van der Waals surface area contributed by atoms with Crippen molar-refractivity contribution >= 4 is 16.5 Å². The smallest absolute Gasteiger partial charge is 0.0910 e. The van der Waals surface area contributed by atoms with E-state index in [9.17, 15) is 5.11 Å². The van der Waals surface area contributed by atoms with Gasteiger partial charge in [-0.15, -0.1) is 0 Å². The minimum atomic E-state index is -0.464. The van der Waals surface area contributed by atoms with E-state index < -0.39 is 6.10 Å². The number of likely N-dealkylation sites (N-methyl/N-ethyl adjacent to an activating group) is 1. The van der Waals surface area contributed by atoms with Crippen LogP contribution < -0.4 is 4.90 Å². The van der Waals surface area contributed by atoms with E-state index in [0.29, 0.717) is 13.1 Å². The maximum absolute atomic E-state index is 10.2. The molecule has 0 spiro atoms. The van der Waals surface area contributed by atoms with Gasteiger partial charge in [0.25, 0.3) is 0 Å². The SMILES string of the molecule is CN(CC(O)Cn1cccn1)c1cccc2ccccc12. The predicted octanol–water partition coefficient (Wildman–Crippen LogP) is 2.53. The Bertz CT molecular complexity index is 704. The summed E-state index contributed by atoms with van der Waals surface area (Å²) in [4.78, 5) is 2.09. The Labute approximate surface area is 124 Å². The van der Waals surface area contributed by atoms with Crippen LogP contribution in [0.4, 0.5) is 5.69 Å². The number of aromatic nitrogens is 2. The molecule has 3 rings (SSSR count). The van der Waals surface area contributed by atoms with E-state index >= 15 is 0 Å². The molecule has 21 heavy (non-hydrogen) atoms. The van der Waals surface area contributed by atoms with Crippen LogP contribution in [0, 0.1) is 0 Å². The summed E-state index contributed by atoms with van der Waals surface area (Å²) in [5.74, 6) is 0.